The first-order valence-corrected chi connectivity index (χ1v) is 9.86. The van der Waals surface area contributed by atoms with Crippen LogP contribution in [0.1, 0.15) is 59.1 Å². The molecule has 2 N–H and O–H groups in total. The number of hydrogen-bond acceptors (Lipinski definition) is 5. The number of furan rings is 1. The molecule has 0 radical (unpaired) electrons. The van der Waals surface area contributed by atoms with Gasteiger partial charge in [-0.25, -0.2) is 4.79 Å². The molecule has 0 saturated heterocycles. The van der Waals surface area contributed by atoms with Gasteiger partial charge >= 0.3 is 5.97 Å². The molecule has 1 aromatic heterocycles. The molecule has 154 valence electrons. The molecule has 0 spiro atoms. The van der Waals surface area contributed by atoms with Gasteiger partial charge in [0.1, 0.15) is 0 Å². The fourth-order valence-corrected chi connectivity index (χ4v) is 3.47. The summed E-state index contributed by atoms with van der Waals surface area (Å²) < 4.78 is 10.2. The molecule has 0 unspecified atom stereocenters. The highest BCUT2D eigenvalue weighted by molar-refractivity contribution is 6.03. The Balaban J connectivity index is 1.56. The van der Waals surface area contributed by atoms with E-state index in [-0.39, 0.29) is 29.9 Å². The number of aryl methyl sites for hydroxylation is 1. The van der Waals surface area contributed by atoms with Gasteiger partial charge in [0.15, 0.2) is 12.4 Å². The van der Waals surface area contributed by atoms with Crippen molar-refractivity contribution in [2.24, 2.45) is 5.92 Å². The number of anilines is 1. The van der Waals surface area contributed by atoms with E-state index in [1.54, 1.807) is 24.3 Å². The SMILES string of the molecule is Cc1ccc(C(=O)OCC(=O)N[C@@H]2CCCC[C@H]2C)cc1NC(=O)c1ccco1. The van der Waals surface area contributed by atoms with E-state index in [9.17, 15) is 14.4 Å². The molecule has 3 rings (SSSR count). The monoisotopic (exact) mass is 398 g/mol. The minimum absolute atomic E-state index is 0.137. The molecule has 2 aromatic rings. The van der Waals surface area contributed by atoms with Crippen LogP contribution in [0.5, 0.6) is 0 Å². The van der Waals surface area contributed by atoms with Gasteiger partial charge in [-0.3, -0.25) is 9.59 Å². The smallest absolute Gasteiger partial charge is 0.338 e. The van der Waals surface area contributed by atoms with E-state index in [0.29, 0.717) is 11.6 Å². The summed E-state index contributed by atoms with van der Waals surface area (Å²) in [4.78, 5) is 36.7. The van der Waals surface area contributed by atoms with Crippen molar-refractivity contribution in [2.45, 2.75) is 45.6 Å². The summed E-state index contributed by atoms with van der Waals surface area (Å²) in [6.07, 6.45) is 5.76. The Kier molecular flexibility index (Phi) is 6.69. The number of ether oxygens (including phenoxy) is 1. The topological polar surface area (TPSA) is 97.6 Å². The summed E-state index contributed by atoms with van der Waals surface area (Å²) in [6, 6.07) is 8.14. The molecule has 0 aliphatic heterocycles. The Morgan fingerprint density at radius 3 is 2.69 bits per heavy atom. The molecular weight excluding hydrogens is 372 g/mol. The summed E-state index contributed by atoms with van der Waals surface area (Å²) in [5, 5.41) is 5.67. The van der Waals surface area contributed by atoms with Crippen LogP contribution in [0.2, 0.25) is 0 Å². The number of benzene rings is 1. The van der Waals surface area contributed by atoms with Gasteiger partial charge in [0.25, 0.3) is 11.8 Å². The summed E-state index contributed by atoms with van der Waals surface area (Å²) in [5.41, 5.74) is 1.51. The normalized spacial score (nSPS) is 18.7. The van der Waals surface area contributed by atoms with Crippen molar-refractivity contribution in [1.29, 1.82) is 0 Å². The van der Waals surface area contributed by atoms with Gasteiger partial charge in [-0.05, 0) is 55.5 Å². The van der Waals surface area contributed by atoms with Crippen molar-refractivity contribution in [2.75, 3.05) is 11.9 Å². The lowest BCUT2D eigenvalue weighted by Crippen LogP contribution is -2.42. The average Bonchev–Trinajstić information content (AvgIpc) is 3.24. The van der Waals surface area contributed by atoms with Crippen LogP contribution in [0.15, 0.2) is 41.0 Å². The minimum atomic E-state index is -0.620. The first-order chi connectivity index (χ1) is 13.9. The number of rotatable bonds is 6. The summed E-state index contributed by atoms with van der Waals surface area (Å²) in [6.45, 7) is 3.61. The van der Waals surface area contributed by atoms with E-state index < -0.39 is 11.9 Å². The first kappa shape index (κ1) is 20.6. The van der Waals surface area contributed by atoms with Crippen LogP contribution in [0.25, 0.3) is 0 Å². The van der Waals surface area contributed by atoms with Gasteiger partial charge in [0.2, 0.25) is 0 Å². The van der Waals surface area contributed by atoms with Crippen LogP contribution >= 0.6 is 0 Å². The first-order valence-electron chi connectivity index (χ1n) is 9.86. The van der Waals surface area contributed by atoms with Crippen LogP contribution < -0.4 is 10.6 Å². The van der Waals surface area contributed by atoms with E-state index in [2.05, 4.69) is 17.6 Å². The minimum Gasteiger partial charge on any atom is -0.459 e. The molecule has 2 amide bonds. The van der Waals surface area contributed by atoms with Crippen molar-refractivity contribution in [1.82, 2.24) is 5.32 Å². The predicted octanol–water partition coefficient (Wildman–Crippen LogP) is 3.69. The maximum absolute atomic E-state index is 12.4. The van der Waals surface area contributed by atoms with Crippen molar-refractivity contribution in [3.05, 3.63) is 53.5 Å². The number of esters is 1. The number of hydrogen-bond donors (Lipinski definition) is 2. The highest BCUT2D eigenvalue weighted by Crippen LogP contribution is 2.23. The molecule has 0 bridgehead atoms. The molecule has 7 heteroatoms. The van der Waals surface area contributed by atoms with Crippen LogP contribution in [0.3, 0.4) is 0 Å². The molecule has 1 aromatic carbocycles. The van der Waals surface area contributed by atoms with E-state index in [1.807, 2.05) is 6.92 Å². The Bertz CT molecular complexity index is 875. The molecule has 1 aliphatic rings. The van der Waals surface area contributed by atoms with Gasteiger partial charge < -0.3 is 19.8 Å². The third-order valence-corrected chi connectivity index (χ3v) is 5.26. The van der Waals surface area contributed by atoms with Crippen molar-refractivity contribution in [3.63, 3.8) is 0 Å². The zero-order valence-electron chi connectivity index (χ0n) is 16.7. The van der Waals surface area contributed by atoms with E-state index in [0.717, 1.165) is 24.8 Å². The molecule has 1 saturated carbocycles. The van der Waals surface area contributed by atoms with Gasteiger partial charge in [-0.1, -0.05) is 25.8 Å². The Morgan fingerprint density at radius 2 is 1.97 bits per heavy atom. The standard InChI is InChI=1S/C22H26N2O5/c1-14-6-3-4-7-17(14)23-20(25)13-29-22(27)16-10-9-15(2)18(12-16)24-21(26)19-8-5-11-28-19/h5,8-12,14,17H,3-4,6-7,13H2,1-2H3,(H,23,25)(H,24,26)/t14-,17-/m1/s1. The van der Waals surface area contributed by atoms with Crippen LogP contribution in [-0.2, 0) is 9.53 Å². The highest BCUT2D eigenvalue weighted by atomic mass is 16.5. The highest BCUT2D eigenvalue weighted by Gasteiger charge is 2.23. The number of carbonyl (C=O) groups excluding carboxylic acids is 3. The summed E-state index contributed by atoms with van der Waals surface area (Å²) in [5.74, 6) is -0.725. The van der Waals surface area contributed by atoms with E-state index >= 15 is 0 Å². The number of amides is 2. The summed E-state index contributed by atoms with van der Waals surface area (Å²) >= 11 is 0. The van der Waals surface area contributed by atoms with Crippen LogP contribution in [0, 0.1) is 12.8 Å². The van der Waals surface area contributed by atoms with Gasteiger partial charge in [0, 0.05) is 11.7 Å². The van der Waals surface area contributed by atoms with Crippen LogP contribution in [0.4, 0.5) is 5.69 Å². The fourth-order valence-electron chi connectivity index (χ4n) is 3.47. The van der Waals surface area contributed by atoms with E-state index in [4.69, 9.17) is 9.15 Å². The fraction of sp³-hybridized carbons (Fsp3) is 0.409. The summed E-state index contributed by atoms with van der Waals surface area (Å²) in [7, 11) is 0. The lowest BCUT2D eigenvalue weighted by Gasteiger charge is -2.29. The second-order valence-electron chi connectivity index (χ2n) is 7.47. The third-order valence-electron chi connectivity index (χ3n) is 5.26. The maximum Gasteiger partial charge on any atom is 0.338 e. The Labute approximate surface area is 169 Å². The molecule has 1 fully saturated rings. The molecule has 1 aliphatic carbocycles. The van der Waals surface area contributed by atoms with Gasteiger partial charge in [-0.15, -0.1) is 0 Å². The van der Waals surface area contributed by atoms with Gasteiger partial charge in [-0.2, -0.15) is 0 Å². The van der Waals surface area contributed by atoms with E-state index in [1.165, 1.54) is 18.8 Å². The molecule has 7 nitrogen and oxygen atoms in total. The molecule has 1 heterocycles. The average molecular weight is 398 g/mol. The second kappa shape index (κ2) is 9.41. The third kappa shape index (κ3) is 5.47. The van der Waals surface area contributed by atoms with Crippen molar-refractivity contribution in [3.8, 4) is 0 Å². The van der Waals surface area contributed by atoms with Crippen LogP contribution in [-0.4, -0.2) is 30.4 Å². The van der Waals surface area contributed by atoms with Gasteiger partial charge in [0.05, 0.1) is 11.8 Å². The molecule has 29 heavy (non-hydrogen) atoms. The zero-order chi connectivity index (χ0) is 20.8. The van der Waals surface area contributed by atoms with Crippen molar-refractivity contribution < 1.29 is 23.5 Å². The Morgan fingerprint density at radius 1 is 1.17 bits per heavy atom. The predicted molar refractivity (Wildman–Crippen MR) is 108 cm³/mol. The lowest BCUT2D eigenvalue weighted by atomic mass is 9.86. The second-order valence-corrected chi connectivity index (χ2v) is 7.47. The lowest BCUT2D eigenvalue weighted by molar-refractivity contribution is -0.125. The molecule has 2 atom stereocenters. The Hall–Kier alpha value is -3.09. The molecular formula is C22H26N2O5. The quantitative estimate of drug-likeness (QED) is 0.723. The zero-order valence-corrected chi connectivity index (χ0v) is 16.7. The largest absolute Gasteiger partial charge is 0.459 e. The number of carbonyl (C=O) groups is 3. The number of nitrogens with one attached hydrogen (secondary N) is 2. The van der Waals surface area contributed by atoms with Crippen molar-refractivity contribution >= 4 is 23.5 Å². The maximum atomic E-state index is 12.4.